The summed E-state index contributed by atoms with van der Waals surface area (Å²) in [5.41, 5.74) is 0.637. The lowest BCUT2D eigenvalue weighted by Crippen LogP contribution is -2.57. The maximum Gasteiger partial charge on any atom is 0.253 e. The summed E-state index contributed by atoms with van der Waals surface area (Å²) >= 11 is 0. The van der Waals surface area contributed by atoms with Crippen molar-refractivity contribution in [2.75, 3.05) is 53.0 Å². The minimum Gasteiger partial charge on any atom is -0.497 e. The lowest BCUT2D eigenvalue weighted by molar-refractivity contribution is -0.137. The molecule has 2 aliphatic rings. The predicted octanol–water partition coefficient (Wildman–Crippen LogP) is 0.390. The van der Waals surface area contributed by atoms with Crippen LogP contribution in [-0.4, -0.2) is 80.7 Å². The third-order valence-corrected chi connectivity index (χ3v) is 4.44. The molecule has 8 heteroatoms. The Morgan fingerprint density at radius 1 is 1.12 bits per heavy atom. The van der Waals surface area contributed by atoms with Crippen LogP contribution in [0, 0.1) is 0 Å². The Balaban J connectivity index is 0.00000225. The van der Waals surface area contributed by atoms with E-state index in [1.165, 1.54) is 0 Å². The fraction of sp³-hybridized carbons (Fsp3) is 0.529. The molecule has 2 heterocycles. The second kappa shape index (κ2) is 9.03. The quantitative estimate of drug-likeness (QED) is 0.834. The number of carbonyl (C=O) groups excluding carboxylic acids is 2. The summed E-state index contributed by atoms with van der Waals surface area (Å²) in [6, 6.07) is 6.83. The SMILES string of the molecule is COc1ccc(C(=O)N2CCN(C(=O)C3COCCN3)CC2)cc1.Cl. The lowest BCUT2D eigenvalue weighted by atomic mass is 10.1. The Kier molecular flexibility index (Phi) is 7.04. The molecular weight excluding hydrogens is 346 g/mol. The highest BCUT2D eigenvalue weighted by Gasteiger charge is 2.30. The number of nitrogens with one attached hydrogen (secondary N) is 1. The minimum absolute atomic E-state index is 0. The van der Waals surface area contributed by atoms with Gasteiger partial charge in [-0.25, -0.2) is 0 Å². The van der Waals surface area contributed by atoms with E-state index in [4.69, 9.17) is 9.47 Å². The van der Waals surface area contributed by atoms with E-state index in [9.17, 15) is 9.59 Å². The number of benzene rings is 1. The van der Waals surface area contributed by atoms with Gasteiger partial charge in [-0.2, -0.15) is 0 Å². The van der Waals surface area contributed by atoms with E-state index in [0.29, 0.717) is 51.5 Å². The van der Waals surface area contributed by atoms with Crippen molar-refractivity contribution in [3.8, 4) is 5.75 Å². The first-order valence-electron chi connectivity index (χ1n) is 8.22. The number of morpholine rings is 1. The van der Waals surface area contributed by atoms with Crippen molar-refractivity contribution in [3.63, 3.8) is 0 Å². The van der Waals surface area contributed by atoms with Crippen LogP contribution in [0.3, 0.4) is 0 Å². The zero-order valence-corrected chi connectivity index (χ0v) is 15.1. The van der Waals surface area contributed by atoms with Gasteiger partial charge in [0.25, 0.3) is 5.91 Å². The monoisotopic (exact) mass is 369 g/mol. The second-order valence-corrected chi connectivity index (χ2v) is 5.93. The maximum absolute atomic E-state index is 12.5. The Hall–Kier alpha value is -1.83. The van der Waals surface area contributed by atoms with Crippen molar-refractivity contribution >= 4 is 24.2 Å². The summed E-state index contributed by atoms with van der Waals surface area (Å²) in [6.45, 7) is 3.97. The Labute approximate surface area is 153 Å². The number of halogens is 1. The number of methoxy groups -OCH3 is 1. The number of ether oxygens (including phenoxy) is 2. The smallest absolute Gasteiger partial charge is 0.253 e. The largest absolute Gasteiger partial charge is 0.497 e. The number of hydrogen-bond acceptors (Lipinski definition) is 5. The number of piperazine rings is 1. The van der Waals surface area contributed by atoms with Gasteiger partial charge in [-0.1, -0.05) is 0 Å². The van der Waals surface area contributed by atoms with Gasteiger partial charge >= 0.3 is 0 Å². The van der Waals surface area contributed by atoms with E-state index in [1.54, 1.807) is 36.3 Å². The van der Waals surface area contributed by atoms with Gasteiger partial charge in [-0.3, -0.25) is 9.59 Å². The molecule has 2 amide bonds. The summed E-state index contributed by atoms with van der Waals surface area (Å²) in [5, 5.41) is 3.18. The van der Waals surface area contributed by atoms with Gasteiger partial charge in [-0.05, 0) is 24.3 Å². The molecule has 0 aliphatic carbocycles. The van der Waals surface area contributed by atoms with Crippen LogP contribution < -0.4 is 10.1 Å². The standard InChI is InChI=1S/C17H23N3O4.ClH/c1-23-14-4-2-13(3-5-14)16(21)19-7-9-20(10-8-19)17(22)15-12-24-11-6-18-15;/h2-5,15,18H,6-12H2,1H3;1H. The first kappa shape index (κ1) is 19.5. The van der Waals surface area contributed by atoms with Gasteiger partial charge in [0, 0.05) is 38.3 Å². The van der Waals surface area contributed by atoms with E-state index in [0.717, 1.165) is 5.75 Å². The molecule has 25 heavy (non-hydrogen) atoms. The molecule has 1 atom stereocenters. The highest BCUT2D eigenvalue weighted by atomic mass is 35.5. The molecule has 138 valence electrons. The van der Waals surface area contributed by atoms with Crippen molar-refractivity contribution in [2.45, 2.75) is 6.04 Å². The number of carbonyl (C=O) groups is 2. The Morgan fingerprint density at radius 2 is 1.76 bits per heavy atom. The van der Waals surface area contributed by atoms with E-state index >= 15 is 0 Å². The van der Waals surface area contributed by atoms with Gasteiger partial charge in [0.2, 0.25) is 5.91 Å². The molecule has 0 spiro atoms. The van der Waals surface area contributed by atoms with Crippen molar-refractivity contribution < 1.29 is 19.1 Å². The summed E-state index contributed by atoms with van der Waals surface area (Å²) in [4.78, 5) is 28.6. The number of amides is 2. The van der Waals surface area contributed by atoms with E-state index in [2.05, 4.69) is 5.32 Å². The maximum atomic E-state index is 12.5. The van der Waals surface area contributed by atoms with Gasteiger partial charge < -0.3 is 24.6 Å². The van der Waals surface area contributed by atoms with Crippen LogP contribution in [0.2, 0.25) is 0 Å². The summed E-state index contributed by atoms with van der Waals surface area (Å²) < 4.78 is 10.5. The topological polar surface area (TPSA) is 71.1 Å². The molecule has 0 saturated carbocycles. The van der Waals surface area contributed by atoms with Crippen LogP contribution in [0.1, 0.15) is 10.4 Å². The van der Waals surface area contributed by atoms with Crippen molar-refractivity contribution in [1.29, 1.82) is 0 Å². The van der Waals surface area contributed by atoms with Crippen molar-refractivity contribution in [2.24, 2.45) is 0 Å². The Bertz CT molecular complexity index is 582. The fourth-order valence-electron chi connectivity index (χ4n) is 2.99. The molecule has 1 aromatic carbocycles. The molecule has 0 radical (unpaired) electrons. The average molecular weight is 370 g/mol. The normalized spacial score (nSPS) is 20.6. The van der Waals surface area contributed by atoms with E-state index in [1.807, 2.05) is 4.90 Å². The molecule has 3 rings (SSSR count). The van der Waals surface area contributed by atoms with Gasteiger partial charge in [-0.15, -0.1) is 12.4 Å². The second-order valence-electron chi connectivity index (χ2n) is 5.93. The van der Waals surface area contributed by atoms with Crippen LogP contribution >= 0.6 is 12.4 Å². The molecule has 0 bridgehead atoms. The van der Waals surface area contributed by atoms with Crippen LogP contribution in [0.25, 0.3) is 0 Å². The van der Waals surface area contributed by atoms with Crippen LogP contribution in [0.15, 0.2) is 24.3 Å². The van der Waals surface area contributed by atoms with Crippen molar-refractivity contribution in [1.82, 2.24) is 15.1 Å². The first-order chi connectivity index (χ1) is 11.7. The zero-order chi connectivity index (χ0) is 16.9. The summed E-state index contributed by atoms with van der Waals surface area (Å²) in [6.07, 6.45) is 0. The molecule has 7 nitrogen and oxygen atoms in total. The summed E-state index contributed by atoms with van der Waals surface area (Å²) in [7, 11) is 1.60. The summed E-state index contributed by atoms with van der Waals surface area (Å²) in [5.74, 6) is 0.777. The van der Waals surface area contributed by atoms with Gasteiger partial charge in [0.15, 0.2) is 0 Å². The molecule has 1 aromatic rings. The van der Waals surface area contributed by atoms with Crippen LogP contribution in [-0.2, 0) is 9.53 Å². The highest BCUT2D eigenvalue weighted by Crippen LogP contribution is 2.14. The average Bonchev–Trinajstić information content (AvgIpc) is 2.68. The molecule has 1 N–H and O–H groups in total. The predicted molar refractivity (Wildman–Crippen MR) is 95.3 cm³/mol. The number of rotatable bonds is 3. The molecule has 2 aliphatic heterocycles. The molecule has 0 aromatic heterocycles. The van der Waals surface area contributed by atoms with Crippen LogP contribution in [0.5, 0.6) is 5.75 Å². The van der Waals surface area contributed by atoms with E-state index < -0.39 is 0 Å². The Morgan fingerprint density at radius 3 is 2.32 bits per heavy atom. The molecule has 1 unspecified atom stereocenters. The molecular formula is C17H24ClN3O4. The third kappa shape index (κ3) is 4.62. The lowest BCUT2D eigenvalue weighted by Gasteiger charge is -2.37. The number of nitrogens with zero attached hydrogens (tertiary/aromatic N) is 2. The van der Waals surface area contributed by atoms with Crippen LogP contribution in [0.4, 0.5) is 0 Å². The molecule has 2 fully saturated rings. The number of hydrogen-bond donors (Lipinski definition) is 1. The molecule has 2 saturated heterocycles. The van der Waals surface area contributed by atoms with Crippen molar-refractivity contribution in [3.05, 3.63) is 29.8 Å². The third-order valence-electron chi connectivity index (χ3n) is 4.44. The fourth-order valence-corrected chi connectivity index (χ4v) is 2.99. The first-order valence-corrected chi connectivity index (χ1v) is 8.22. The zero-order valence-electron chi connectivity index (χ0n) is 14.3. The highest BCUT2D eigenvalue weighted by molar-refractivity contribution is 5.94. The van der Waals surface area contributed by atoms with Gasteiger partial charge in [0.1, 0.15) is 11.8 Å². The minimum atomic E-state index is -0.261. The van der Waals surface area contributed by atoms with Gasteiger partial charge in [0.05, 0.1) is 20.3 Å². The van der Waals surface area contributed by atoms with E-state index in [-0.39, 0.29) is 30.3 Å².